The molecule has 24 heavy (non-hydrogen) atoms. The van der Waals surface area contributed by atoms with Crippen LogP contribution in [0, 0.1) is 0 Å². The van der Waals surface area contributed by atoms with Crippen molar-refractivity contribution < 1.29 is 9.59 Å². The quantitative estimate of drug-likeness (QED) is 0.704. The third-order valence-electron chi connectivity index (χ3n) is 3.59. The van der Waals surface area contributed by atoms with E-state index in [9.17, 15) is 9.59 Å². The van der Waals surface area contributed by atoms with E-state index in [1.54, 1.807) is 6.20 Å². The Labute approximate surface area is 140 Å². The molecule has 1 aromatic heterocycles. The van der Waals surface area contributed by atoms with E-state index >= 15 is 0 Å². The fourth-order valence-corrected chi connectivity index (χ4v) is 2.14. The van der Waals surface area contributed by atoms with Gasteiger partial charge < -0.3 is 21.3 Å². The molecule has 2 rings (SSSR count). The maximum Gasteiger partial charge on any atom is 0.319 e. The summed E-state index contributed by atoms with van der Waals surface area (Å²) in [6.07, 6.45) is 3.01. The molecule has 4 N–H and O–H groups in total. The van der Waals surface area contributed by atoms with Crippen molar-refractivity contribution >= 4 is 23.3 Å². The number of carbonyl (C=O) groups excluding carboxylic acids is 2. The number of benzene rings is 1. The number of rotatable bonds is 7. The van der Waals surface area contributed by atoms with E-state index in [1.165, 1.54) is 10.9 Å². The first-order valence-corrected chi connectivity index (χ1v) is 7.59. The molecule has 0 aliphatic heterocycles. The van der Waals surface area contributed by atoms with Crippen LogP contribution in [0.25, 0.3) is 0 Å². The summed E-state index contributed by atoms with van der Waals surface area (Å²) in [6, 6.07) is 9.74. The number of amides is 3. The zero-order valence-corrected chi connectivity index (χ0v) is 13.8. The largest absolute Gasteiger partial charge is 0.370 e. The van der Waals surface area contributed by atoms with Gasteiger partial charge in [0.1, 0.15) is 6.54 Å². The highest BCUT2D eigenvalue weighted by Gasteiger charge is 2.12. The summed E-state index contributed by atoms with van der Waals surface area (Å²) in [5.41, 5.74) is 6.67. The van der Waals surface area contributed by atoms with Crippen molar-refractivity contribution in [2.24, 2.45) is 5.73 Å². The first-order valence-electron chi connectivity index (χ1n) is 7.59. The Morgan fingerprint density at radius 2 is 2.04 bits per heavy atom. The molecular formula is C16H22N6O2. The van der Waals surface area contributed by atoms with Gasteiger partial charge in [-0.2, -0.15) is 5.10 Å². The van der Waals surface area contributed by atoms with Crippen LogP contribution >= 0.6 is 0 Å². The highest BCUT2D eigenvalue weighted by molar-refractivity contribution is 5.89. The lowest BCUT2D eigenvalue weighted by atomic mass is 10.2. The molecule has 3 amide bonds. The van der Waals surface area contributed by atoms with Crippen LogP contribution in [0.3, 0.4) is 0 Å². The number of para-hydroxylation sites is 1. The van der Waals surface area contributed by atoms with Gasteiger partial charge in [0, 0.05) is 31.5 Å². The van der Waals surface area contributed by atoms with Crippen LogP contribution in [-0.4, -0.2) is 41.4 Å². The highest BCUT2D eigenvalue weighted by Crippen LogP contribution is 2.13. The maximum absolute atomic E-state index is 11.9. The van der Waals surface area contributed by atoms with E-state index in [1.807, 2.05) is 44.3 Å². The SMILES string of the molecule is C[C@H](CNC(=O)Nc1cnn(CC(N)=O)c1)N(C)c1ccccc1. The number of urea groups is 1. The zero-order chi connectivity index (χ0) is 17.5. The second-order valence-corrected chi connectivity index (χ2v) is 5.52. The zero-order valence-electron chi connectivity index (χ0n) is 13.8. The van der Waals surface area contributed by atoms with Crippen LogP contribution in [-0.2, 0) is 11.3 Å². The van der Waals surface area contributed by atoms with Gasteiger partial charge in [-0.1, -0.05) is 18.2 Å². The Morgan fingerprint density at radius 3 is 2.71 bits per heavy atom. The van der Waals surface area contributed by atoms with Crippen molar-refractivity contribution in [2.45, 2.75) is 19.5 Å². The van der Waals surface area contributed by atoms with E-state index in [0.29, 0.717) is 12.2 Å². The molecule has 8 heteroatoms. The minimum absolute atomic E-state index is 0.0256. The molecule has 0 aliphatic carbocycles. The molecule has 0 aliphatic rings. The van der Waals surface area contributed by atoms with Crippen LogP contribution in [0.15, 0.2) is 42.7 Å². The lowest BCUT2D eigenvalue weighted by molar-refractivity contribution is -0.118. The molecule has 1 atom stereocenters. The number of primary amides is 1. The second-order valence-electron chi connectivity index (χ2n) is 5.52. The van der Waals surface area contributed by atoms with Crippen LogP contribution < -0.4 is 21.3 Å². The van der Waals surface area contributed by atoms with Crippen molar-refractivity contribution in [3.63, 3.8) is 0 Å². The van der Waals surface area contributed by atoms with Gasteiger partial charge in [-0.25, -0.2) is 4.79 Å². The average molecular weight is 330 g/mol. The minimum Gasteiger partial charge on any atom is -0.370 e. The second kappa shape index (κ2) is 8.00. The van der Waals surface area contributed by atoms with Gasteiger partial charge >= 0.3 is 6.03 Å². The number of nitrogens with two attached hydrogens (primary N) is 1. The van der Waals surface area contributed by atoms with Gasteiger partial charge in [0.2, 0.25) is 5.91 Å². The first-order chi connectivity index (χ1) is 11.5. The molecule has 0 fully saturated rings. The van der Waals surface area contributed by atoms with Gasteiger partial charge in [0.15, 0.2) is 0 Å². The third-order valence-corrected chi connectivity index (χ3v) is 3.59. The van der Waals surface area contributed by atoms with E-state index in [-0.39, 0.29) is 18.6 Å². The predicted octanol–water partition coefficient (Wildman–Crippen LogP) is 1.01. The Bertz CT molecular complexity index is 685. The van der Waals surface area contributed by atoms with Crippen LogP contribution in [0.2, 0.25) is 0 Å². The average Bonchev–Trinajstić information content (AvgIpc) is 2.98. The van der Waals surface area contributed by atoms with Gasteiger partial charge in [-0.05, 0) is 19.1 Å². The van der Waals surface area contributed by atoms with Crippen LogP contribution in [0.5, 0.6) is 0 Å². The smallest absolute Gasteiger partial charge is 0.319 e. The molecule has 128 valence electrons. The summed E-state index contributed by atoms with van der Waals surface area (Å²) in [7, 11) is 1.98. The van der Waals surface area contributed by atoms with Gasteiger partial charge in [-0.3, -0.25) is 9.48 Å². The van der Waals surface area contributed by atoms with Crippen molar-refractivity contribution in [2.75, 3.05) is 23.8 Å². The van der Waals surface area contributed by atoms with Gasteiger partial charge in [0.25, 0.3) is 0 Å². The lowest BCUT2D eigenvalue weighted by Gasteiger charge is -2.27. The molecule has 0 radical (unpaired) electrons. The number of nitrogens with one attached hydrogen (secondary N) is 2. The van der Waals surface area contributed by atoms with Crippen LogP contribution in [0.4, 0.5) is 16.2 Å². The topological polar surface area (TPSA) is 105 Å². The fourth-order valence-electron chi connectivity index (χ4n) is 2.14. The molecular weight excluding hydrogens is 308 g/mol. The maximum atomic E-state index is 11.9. The Hall–Kier alpha value is -3.03. The number of hydrogen-bond donors (Lipinski definition) is 3. The minimum atomic E-state index is -0.494. The van der Waals surface area contributed by atoms with Crippen molar-refractivity contribution in [3.05, 3.63) is 42.7 Å². The van der Waals surface area contributed by atoms with E-state index in [0.717, 1.165) is 5.69 Å². The number of nitrogens with zero attached hydrogens (tertiary/aromatic N) is 3. The third kappa shape index (κ3) is 5.01. The Balaban J connectivity index is 1.80. The van der Waals surface area contributed by atoms with Crippen molar-refractivity contribution in [3.8, 4) is 0 Å². The molecule has 2 aromatic rings. The number of aromatic nitrogens is 2. The molecule has 0 saturated heterocycles. The number of likely N-dealkylation sites (N-methyl/N-ethyl adjacent to an activating group) is 1. The molecule has 1 aromatic carbocycles. The van der Waals surface area contributed by atoms with E-state index in [2.05, 4.69) is 20.6 Å². The number of carbonyl (C=O) groups is 2. The van der Waals surface area contributed by atoms with Crippen molar-refractivity contribution in [1.29, 1.82) is 0 Å². The molecule has 0 unspecified atom stereocenters. The lowest BCUT2D eigenvalue weighted by Crippen LogP contribution is -2.41. The summed E-state index contributed by atoms with van der Waals surface area (Å²) in [6.45, 7) is 2.48. The normalized spacial score (nSPS) is 11.6. The molecule has 0 saturated carbocycles. The number of hydrogen-bond acceptors (Lipinski definition) is 4. The summed E-state index contributed by atoms with van der Waals surface area (Å²) in [4.78, 5) is 24.8. The molecule has 0 spiro atoms. The molecule has 1 heterocycles. The van der Waals surface area contributed by atoms with Gasteiger partial charge in [0.05, 0.1) is 11.9 Å². The van der Waals surface area contributed by atoms with Crippen LogP contribution in [0.1, 0.15) is 6.92 Å². The molecule has 0 bridgehead atoms. The number of anilines is 2. The monoisotopic (exact) mass is 330 g/mol. The highest BCUT2D eigenvalue weighted by atomic mass is 16.2. The summed E-state index contributed by atoms with van der Waals surface area (Å²) >= 11 is 0. The van der Waals surface area contributed by atoms with Crippen molar-refractivity contribution in [1.82, 2.24) is 15.1 Å². The van der Waals surface area contributed by atoms with E-state index < -0.39 is 5.91 Å². The summed E-state index contributed by atoms with van der Waals surface area (Å²) < 4.78 is 1.36. The predicted molar refractivity (Wildman–Crippen MR) is 92.7 cm³/mol. The summed E-state index contributed by atoms with van der Waals surface area (Å²) in [5.74, 6) is -0.494. The van der Waals surface area contributed by atoms with Gasteiger partial charge in [-0.15, -0.1) is 0 Å². The Morgan fingerprint density at radius 1 is 1.33 bits per heavy atom. The summed E-state index contributed by atoms with van der Waals surface area (Å²) in [5, 5.41) is 9.41. The molecule has 8 nitrogen and oxygen atoms in total. The van der Waals surface area contributed by atoms with E-state index in [4.69, 9.17) is 5.73 Å². The first kappa shape index (κ1) is 17.3. The Kier molecular flexibility index (Phi) is 5.78. The standard InChI is InChI=1S/C16H22N6O2/c1-12(21(2)14-6-4-3-5-7-14)8-18-16(24)20-13-9-19-22(10-13)11-15(17)23/h3-7,9-10,12H,8,11H2,1-2H3,(H2,17,23)(H2,18,20,24)/t12-/m1/s1. The fraction of sp³-hybridized carbons (Fsp3) is 0.312.